The molecule has 3 rings (SSSR count). The number of nitrogens with one attached hydrogen (secondary N) is 1. The van der Waals surface area contributed by atoms with Crippen LogP contribution in [0.15, 0.2) is 54.6 Å². The van der Waals surface area contributed by atoms with Crippen LogP contribution in [0.3, 0.4) is 0 Å². The summed E-state index contributed by atoms with van der Waals surface area (Å²) in [6, 6.07) is 18.9. The summed E-state index contributed by atoms with van der Waals surface area (Å²) in [7, 11) is 0. The van der Waals surface area contributed by atoms with Gasteiger partial charge in [-0.3, -0.25) is 0 Å². The van der Waals surface area contributed by atoms with Crippen molar-refractivity contribution in [2.45, 2.75) is 25.4 Å². The smallest absolute Gasteiger partial charge is 0.127 e. The molecule has 21 heavy (non-hydrogen) atoms. The van der Waals surface area contributed by atoms with E-state index < -0.39 is 0 Å². The largest absolute Gasteiger partial charge is 0.457 e. The first-order valence-electron chi connectivity index (χ1n) is 7.53. The van der Waals surface area contributed by atoms with Gasteiger partial charge >= 0.3 is 0 Å². The normalized spacial score (nSPS) is 18.4. The summed E-state index contributed by atoms with van der Waals surface area (Å²) in [5.41, 5.74) is 1.28. The van der Waals surface area contributed by atoms with Gasteiger partial charge < -0.3 is 10.1 Å². The van der Waals surface area contributed by atoms with Gasteiger partial charge in [-0.1, -0.05) is 30.3 Å². The molecule has 2 nitrogen and oxygen atoms in total. The SMILES string of the molecule is c1ccc(Oc2cccc(CNC3CCCSC3)c2)cc1. The highest BCUT2D eigenvalue weighted by atomic mass is 32.2. The second-order valence-electron chi connectivity index (χ2n) is 5.36. The summed E-state index contributed by atoms with van der Waals surface area (Å²) >= 11 is 2.06. The van der Waals surface area contributed by atoms with Crippen molar-refractivity contribution < 1.29 is 4.74 Å². The number of hydrogen-bond acceptors (Lipinski definition) is 3. The topological polar surface area (TPSA) is 21.3 Å². The van der Waals surface area contributed by atoms with Crippen molar-refractivity contribution >= 4 is 11.8 Å². The lowest BCUT2D eigenvalue weighted by molar-refractivity contribution is 0.479. The van der Waals surface area contributed by atoms with Crippen molar-refractivity contribution in [2.75, 3.05) is 11.5 Å². The molecule has 0 bridgehead atoms. The van der Waals surface area contributed by atoms with Crippen LogP contribution in [0, 0.1) is 0 Å². The maximum absolute atomic E-state index is 5.88. The van der Waals surface area contributed by atoms with E-state index in [9.17, 15) is 0 Å². The van der Waals surface area contributed by atoms with E-state index in [1.807, 2.05) is 36.4 Å². The van der Waals surface area contributed by atoms with Crippen LogP contribution in [0.25, 0.3) is 0 Å². The number of para-hydroxylation sites is 1. The fourth-order valence-electron chi connectivity index (χ4n) is 2.51. The fraction of sp³-hybridized carbons (Fsp3) is 0.333. The Labute approximate surface area is 130 Å². The molecule has 0 saturated carbocycles. The second kappa shape index (κ2) is 7.53. The van der Waals surface area contributed by atoms with E-state index in [-0.39, 0.29) is 0 Å². The maximum atomic E-state index is 5.88. The van der Waals surface area contributed by atoms with Crippen LogP contribution < -0.4 is 10.1 Å². The fourth-order valence-corrected chi connectivity index (χ4v) is 3.61. The van der Waals surface area contributed by atoms with Gasteiger partial charge in [-0.05, 0) is 48.4 Å². The Morgan fingerprint density at radius 3 is 2.71 bits per heavy atom. The zero-order valence-corrected chi connectivity index (χ0v) is 12.9. The summed E-state index contributed by atoms with van der Waals surface area (Å²) in [6.45, 7) is 0.914. The van der Waals surface area contributed by atoms with Gasteiger partial charge in [0.05, 0.1) is 0 Å². The van der Waals surface area contributed by atoms with E-state index in [1.54, 1.807) is 0 Å². The van der Waals surface area contributed by atoms with Crippen LogP contribution in [0.5, 0.6) is 11.5 Å². The highest BCUT2D eigenvalue weighted by molar-refractivity contribution is 7.99. The molecule has 1 atom stereocenters. The van der Waals surface area contributed by atoms with Crippen molar-refractivity contribution in [3.63, 3.8) is 0 Å². The zero-order chi connectivity index (χ0) is 14.3. The first-order valence-corrected chi connectivity index (χ1v) is 8.68. The zero-order valence-electron chi connectivity index (χ0n) is 12.1. The molecule has 1 heterocycles. The molecule has 2 aromatic rings. The minimum absolute atomic E-state index is 0.655. The third-order valence-corrected chi connectivity index (χ3v) is 4.85. The number of benzene rings is 2. The number of thioether (sulfide) groups is 1. The average molecular weight is 299 g/mol. The first-order chi connectivity index (χ1) is 10.4. The molecule has 1 unspecified atom stereocenters. The summed E-state index contributed by atoms with van der Waals surface area (Å²) in [5.74, 6) is 4.34. The van der Waals surface area contributed by atoms with E-state index in [0.29, 0.717) is 6.04 Å². The van der Waals surface area contributed by atoms with Crippen molar-refractivity contribution in [1.29, 1.82) is 0 Å². The van der Waals surface area contributed by atoms with Crippen LogP contribution >= 0.6 is 11.8 Å². The predicted molar refractivity (Wildman–Crippen MR) is 90.1 cm³/mol. The van der Waals surface area contributed by atoms with E-state index in [4.69, 9.17) is 4.74 Å². The molecule has 1 N–H and O–H groups in total. The summed E-state index contributed by atoms with van der Waals surface area (Å²) < 4.78 is 5.88. The Balaban J connectivity index is 1.57. The summed E-state index contributed by atoms with van der Waals surface area (Å²) in [4.78, 5) is 0. The van der Waals surface area contributed by atoms with Gasteiger partial charge in [0.25, 0.3) is 0 Å². The monoisotopic (exact) mass is 299 g/mol. The van der Waals surface area contributed by atoms with Crippen molar-refractivity contribution in [1.82, 2.24) is 5.32 Å². The van der Waals surface area contributed by atoms with Gasteiger partial charge in [0.15, 0.2) is 0 Å². The quantitative estimate of drug-likeness (QED) is 0.880. The maximum Gasteiger partial charge on any atom is 0.127 e. The van der Waals surface area contributed by atoms with E-state index in [0.717, 1.165) is 18.0 Å². The molecule has 3 heteroatoms. The molecule has 1 aliphatic rings. The Morgan fingerprint density at radius 2 is 1.90 bits per heavy atom. The molecular weight excluding hydrogens is 278 g/mol. The minimum Gasteiger partial charge on any atom is -0.457 e. The van der Waals surface area contributed by atoms with Gasteiger partial charge in [-0.2, -0.15) is 11.8 Å². The first kappa shape index (κ1) is 14.5. The third kappa shape index (κ3) is 4.51. The molecule has 2 aromatic carbocycles. The molecule has 0 aliphatic carbocycles. The van der Waals surface area contributed by atoms with Crippen LogP contribution in [-0.4, -0.2) is 17.5 Å². The molecule has 1 saturated heterocycles. The number of rotatable bonds is 5. The van der Waals surface area contributed by atoms with Crippen molar-refractivity contribution in [2.24, 2.45) is 0 Å². The number of ether oxygens (including phenoxy) is 1. The van der Waals surface area contributed by atoms with Crippen LogP contribution in [0.1, 0.15) is 18.4 Å². The van der Waals surface area contributed by atoms with Gasteiger partial charge in [-0.15, -0.1) is 0 Å². The van der Waals surface area contributed by atoms with Gasteiger partial charge in [0, 0.05) is 18.3 Å². The van der Waals surface area contributed by atoms with Crippen LogP contribution in [-0.2, 0) is 6.54 Å². The molecule has 0 spiro atoms. The van der Waals surface area contributed by atoms with Gasteiger partial charge in [0.1, 0.15) is 11.5 Å². The lowest BCUT2D eigenvalue weighted by Crippen LogP contribution is -2.33. The average Bonchev–Trinajstić information content (AvgIpc) is 2.55. The Bertz CT molecular complexity index is 552. The van der Waals surface area contributed by atoms with Crippen LogP contribution in [0.2, 0.25) is 0 Å². The lowest BCUT2D eigenvalue weighted by Gasteiger charge is -2.22. The van der Waals surface area contributed by atoms with Gasteiger partial charge in [-0.25, -0.2) is 0 Å². The lowest BCUT2D eigenvalue weighted by atomic mass is 10.1. The summed E-state index contributed by atoms with van der Waals surface area (Å²) in [5, 5.41) is 3.65. The molecule has 1 fully saturated rings. The Hall–Kier alpha value is -1.45. The molecular formula is C18H21NOS. The standard InChI is InChI=1S/C18H21NOS/c1-2-8-17(9-3-1)20-18-10-4-6-15(12-18)13-19-16-7-5-11-21-14-16/h1-4,6,8-10,12,16,19H,5,7,11,13-14H2. The van der Waals surface area contributed by atoms with E-state index >= 15 is 0 Å². The highest BCUT2D eigenvalue weighted by Gasteiger charge is 2.12. The molecule has 0 aromatic heterocycles. The molecule has 1 aliphatic heterocycles. The van der Waals surface area contributed by atoms with Crippen molar-refractivity contribution in [3.8, 4) is 11.5 Å². The predicted octanol–water partition coefficient (Wildman–Crippen LogP) is 4.46. The Morgan fingerprint density at radius 1 is 1.05 bits per heavy atom. The van der Waals surface area contributed by atoms with E-state index in [2.05, 4.69) is 35.3 Å². The highest BCUT2D eigenvalue weighted by Crippen LogP contribution is 2.22. The Kier molecular flexibility index (Phi) is 5.19. The molecule has 0 radical (unpaired) electrons. The van der Waals surface area contributed by atoms with E-state index in [1.165, 1.54) is 29.9 Å². The van der Waals surface area contributed by atoms with Crippen LogP contribution in [0.4, 0.5) is 0 Å². The minimum atomic E-state index is 0.655. The summed E-state index contributed by atoms with van der Waals surface area (Å²) in [6.07, 6.45) is 2.63. The molecule has 110 valence electrons. The molecule has 0 amide bonds. The second-order valence-corrected chi connectivity index (χ2v) is 6.51. The van der Waals surface area contributed by atoms with Gasteiger partial charge in [0.2, 0.25) is 0 Å². The third-order valence-electron chi connectivity index (χ3n) is 3.63. The van der Waals surface area contributed by atoms with Crippen molar-refractivity contribution in [3.05, 3.63) is 60.2 Å². The number of hydrogen-bond donors (Lipinski definition) is 1.